The van der Waals surface area contributed by atoms with Crippen LogP contribution in [0.3, 0.4) is 0 Å². The lowest BCUT2D eigenvalue weighted by atomic mass is 10.0. The summed E-state index contributed by atoms with van der Waals surface area (Å²) >= 11 is 5.92. The van der Waals surface area contributed by atoms with Crippen molar-refractivity contribution >= 4 is 17.3 Å². The van der Waals surface area contributed by atoms with Crippen molar-refractivity contribution in [3.8, 4) is 0 Å². The largest absolute Gasteiger partial charge is 0.259 e. The van der Waals surface area contributed by atoms with Crippen molar-refractivity contribution in [3.63, 3.8) is 0 Å². The van der Waals surface area contributed by atoms with Gasteiger partial charge < -0.3 is 0 Å². The second-order valence-electron chi connectivity index (χ2n) is 2.24. The average molecular weight is 152 g/mol. The molecule has 0 radical (unpaired) electrons. The Hall–Kier alpha value is -0.820. The van der Waals surface area contributed by atoms with Gasteiger partial charge in [-0.2, -0.15) is 0 Å². The molecule has 1 nitrogen and oxygen atoms in total. The number of nitrogens with zero attached hydrogens (tertiary/aromatic N) is 1. The summed E-state index contributed by atoms with van der Waals surface area (Å²) in [5.74, 6) is 0. The van der Waals surface area contributed by atoms with Crippen LogP contribution < -0.4 is 0 Å². The summed E-state index contributed by atoms with van der Waals surface area (Å²) in [6.07, 6.45) is 9.65. The highest BCUT2D eigenvalue weighted by atomic mass is 35.5. The van der Waals surface area contributed by atoms with Gasteiger partial charge in [0.25, 0.3) is 0 Å². The molecule has 0 saturated carbocycles. The molecule has 0 aromatic rings. The van der Waals surface area contributed by atoms with Gasteiger partial charge >= 0.3 is 0 Å². The van der Waals surface area contributed by atoms with Crippen LogP contribution in [0.5, 0.6) is 0 Å². The molecular weight excluding hydrogens is 146 g/mol. The Morgan fingerprint density at radius 2 is 2.40 bits per heavy atom. The van der Waals surface area contributed by atoms with E-state index in [2.05, 4.69) is 4.99 Å². The molecule has 1 aliphatic heterocycles. The van der Waals surface area contributed by atoms with Gasteiger partial charge in [0.15, 0.2) is 0 Å². The third-order valence-corrected chi connectivity index (χ3v) is 1.93. The number of fused-ring (bicyclic) bond motifs is 1. The molecule has 0 saturated heterocycles. The van der Waals surface area contributed by atoms with E-state index in [9.17, 15) is 0 Å². The molecule has 0 aromatic carbocycles. The Labute approximate surface area is 64.4 Å². The first-order valence-electron chi connectivity index (χ1n) is 3.15. The summed E-state index contributed by atoms with van der Waals surface area (Å²) in [6, 6.07) is 0. The maximum atomic E-state index is 5.92. The van der Waals surface area contributed by atoms with E-state index in [4.69, 9.17) is 11.6 Å². The maximum Gasteiger partial charge on any atom is 0.0946 e. The number of rotatable bonds is 0. The van der Waals surface area contributed by atoms with Gasteiger partial charge in [-0.1, -0.05) is 18.2 Å². The Morgan fingerprint density at radius 1 is 1.50 bits per heavy atom. The molecular formula is C8H6ClN. The van der Waals surface area contributed by atoms with E-state index >= 15 is 0 Å². The minimum Gasteiger partial charge on any atom is -0.259 e. The molecule has 0 N–H and O–H groups in total. The minimum absolute atomic E-state index is 0.0324. The van der Waals surface area contributed by atoms with E-state index in [0.29, 0.717) is 0 Å². The van der Waals surface area contributed by atoms with Crippen LogP contribution in [0.15, 0.2) is 41.1 Å². The Balaban J connectivity index is 2.45. The summed E-state index contributed by atoms with van der Waals surface area (Å²) in [6.45, 7) is 0. The van der Waals surface area contributed by atoms with Crippen LogP contribution in [-0.2, 0) is 0 Å². The molecule has 1 aliphatic carbocycles. The van der Waals surface area contributed by atoms with E-state index in [1.807, 2.05) is 24.3 Å². The first-order chi connectivity index (χ1) is 4.88. The zero-order chi connectivity index (χ0) is 6.97. The van der Waals surface area contributed by atoms with Crippen molar-refractivity contribution in [2.24, 2.45) is 4.99 Å². The second kappa shape index (κ2) is 2.10. The van der Waals surface area contributed by atoms with Gasteiger partial charge in [-0.25, -0.2) is 0 Å². The van der Waals surface area contributed by atoms with Gasteiger partial charge in [0, 0.05) is 6.20 Å². The summed E-state index contributed by atoms with van der Waals surface area (Å²) in [5.41, 5.74) is 2.12. The van der Waals surface area contributed by atoms with Gasteiger partial charge in [-0.3, -0.25) is 4.99 Å². The lowest BCUT2D eigenvalue weighted by Gasteiger charge is -2.08. The van der Waals surface area contributed by atoms with Gasteiger partial charge in [0.1, 0.15) is 0 Å². The molecule has 0 aromatic heterocycles. The predicted octanol–water partition coefficient (Wildman–Crippen LogP) is 2.06. The fourth-order valence-corrected chi connectivity index (χ4v) is 1.34. The lowest BCUT2D eigenvalue weighted by molar-refractivity contribution is 1.41. The van der Waals surface area contributed by atoms with E-state index in [1.165, 1.54) is 0 Å². The fraction of sp³-hybridized carbons (Fsp3) is 0.125. The smallest absolute Gasteiger partial charge is 0.0946 e. The van der Waals surface area contributed by atoms with E-state index in [1.54, 1.807) is 6.20 Å². The summed E-state index contributed by atoms with van der Waals surface area (Å²) in [4.78, 5) is 4.12. The van der Waals surface area contributed by atoms with Crippen LogP contribution in [0, 0.1) is 0 Å². The molecule has 0 bridgehead atoms. The highest BCUT2D eigenvalue weighted by Crippen LogP contribution is 2.20. The molecule has 2 heteroatoms. The van der Waals surface area contributed by atoms with Crippen molar-refractivity contribution in [1.29, 1.82) is 0 Å². The second-order valence-corrected chi connectivity index (χ2v) is 2.71. The molecule has 2 rings (SSSR count). The number of aliphatic imine (C=N–C) groups is 1. The van der Waals surface area contributed by atoms with Crippen LogP contribution in [-0.4, -0.2) is 11.1 Å². The SMILES string of the molecule is ClC1C=CC=C2C=CN=C21. The molecule has 50 valence electrons. The number of halogens is 1. The summed E-state index contributed by atoms with van der Waals surface area (Å²) < 4.78 is 0. The number of alkyl halides is 1. The average Bonchev–Trinajstić information content (AvgIpc) is 2.36. The first kappa shape index (κ1) is 5.93. The van der Waals surface area contributed by atoms with Crippen molar-refractivity contribution < 1.29 is 0 Å². The van der Waals surface area contributed by atoms with Crippen LogP contribution in [0.4, 0.5) is 0 Å². The molecule has 1 unspecified atom stereocenters. The van der Waals surface area contributed by atoms with Crippen molar-refractivity contribution in [1.82, 2.24) is 0 Å². The quantitative estimate of drug-likeness (QED) is 0.470. The molecule has 10 heavy (non-hydrogen) atoms. The Kier molecular flexibility index (Phi) is 1.24. The number of allylic oxidation sites excluding steroid dienone is 5. The Bertz CT molecular complexity index is 271. The van der Waals surface area contributed by atoms with Crippen molar-refractivity contribution in [2.45, 2.75) is 5.38 Å². The van der Waals surface area contributed by atoms with E-state index in [-0.39, 0.29) is 5.38 Å². The van der Waals surface area contributed by atoms with E-state index in [0.717, 1.165) is 11.3 Å². The molecule has 1 atom stereocenters. The number of hydrogen-bond donors (Lipinski definition) is 0. The van der Waals surface area contributed by atoms with Crippen LogP contribution in [0.2, 0.25) is 0 Å². The lowest BCUT2D eigenvalue weighted by Crippen LogP contribution is -2.13. The third kappa shape index (κ3) is 0.745. The zero-order valence-electron chi connectivity index (χ0n) is 5.29. The highest BCUT2D eigenvalue weighted by molar-refractivity contribution is 6.37. The molecule has 0 spiro atoms. The highest BCUT2D eigenvalue weighted by Gasteiger charge is 2.17. The fourth-order valence-electron chi connectivity index (χ4n) is 1.08. The van der Waals surface area contributed by atoms with Crippen LogP contribution in [0.1, 0.15) is 0 Å². The van der Waals surface area contributed by atoms with E-state index < -0.39 is 0 Å². The van der Waals surface area contributed by atoms with Gasteiger partial charge in [0.05, 0.1) is 11.1 Å². The monoisotopic (exact) mass is 151 g/mol. The normalized spacial score (nSPS) is 27.9. The molecule has 2 aliphatic rings. The predicted molar refractivity (Wildman–Crippen MR) is 43.4 cm³/mol. The maximum absolute atomic E-state index is 5.92. The first-order valence-corrected chi connectivity index (χ1v) is 3.59. The number of hydrogen-bond acceptors (Lipinski definition) is 1. The molecule has 0 amide bonds. The van der Waals surface area contributed by atoms with Crippen molar-refractivity contribution in [3.05, 3.63) is 36.1 Å². The molecule has 0 fully saturated rings. The van der Waals surface area contributed by atoms with Gasteiger partial charge in [-0.05, 0) is 11.6 Å². The van der Waals surface area contributed by atoms with Crippen LogP contribution in [0.25, 0.3) is 0 Å². The standard InChI is InChI=1S/C8H6ClN/c9-7-3-1-2-6-4-5-10-8(6)7/h1-5,7H. The Morgan fingerprint density at radius 3 is 3.20 bits per heavy atom. The zero-order valence-corrected chi connectivity index (χ0v) is 6.05. The summed E-state index contributed by atoms with van der Waals surface area (Å²) in [5, 5.41) is -0.0324. The topological polar surface area (TPSA) is 12.4 Å². The van der Waals surface area contributed by atoms with Gasteiger partial charge in [-0.15, -0.1) is 11.6 Å². The van der Waals surface area contributed by atoms with Crippen molar-refractivity contribution in [2.75, 3.05) is 0 Å². The third-order valence-electron chi connectivity index (χ3n) is 1.58. The van der Waals surface area contributed by atoms with Gasteiger partial charge in [0.2, 0.25) is 0 Å². The summed E-state index contributed by atoms with van der Waals surface area (Å²) in [7, 11) is 0. The van der Waals surface area contributed by atoms with Crippen LogP contribution >= 0.6 is 11.6 Å². The molecule has 1 heterocycles. The minimum atomic E-state index is -0.0324.